The molecule has 1 aromatic carbocycles. The molecule has 0 spiro atoms. The van der Waals surface area contributed by atoms with Gasteiger partial charge in [0.1, 0.15) is 5.75 Å². The van der Waals surface area contributed by atoms with E-state index in [0.717, 1.165) is 25.3 Å². The number of piperazine rings is 1. The highest BCUT2D eigenvalue weighted by Crippen LogP contribution is 2.14. The van der Waals surface area contributed by atoms with E-state index in [-0.39, 0.29) is 24.8 Å². The van der Waals surface area contributed by atoms with Crippen LogP contribution in [0.4, 0.5) is 4.79 Å². The summed E-state index contributed by atoms with van der Waals surface area (Å²) in [6.07, 6.45) is 1.66. The largest absolute Gasteiger partial charge is 0.491 e. The second kappa shape index (κ2) is 9.63. The summed E-state index contributed by atoms with van der Waals surface area (Å²) in [5.41, 5.74) is 1.17. The van der Waals surface area contributed by atoms with Crippen LogP contribution in [-0.4, -0.2) is 72.9 Å². The van der Waals surface area contributed by atoms with Gasteiger partial charge in [-0.15, -0.1) is 0 Å². The topological polar surface area (TPSA) is 65.0 Å². The number of hydrogen-bond donors (Lipinski definition) is 2. The summed E-state index contributed by atoms with van der Waals surface area (Å²) in [6.45, 7) is 7.02. The normalized spacial score (nSPS) is 18.4. The number of carbonyl (C=O) groups excluding carboxylic acids is 1. The Bertz CT molecular complexity index is 533. The van der Waals surface area contributed by atoms with Gasteiger partial charge in [-0.3, -0.25) is 4.90 Å². The lowest BCUT2D eigenvalue weighted by Crippen LogP contribution is -2.55. The fraction of sp³-hybridized carbons (Fsp3) is 0.632. The number of urea groups is 1. The van der Waals surface area contributed by atoms with Crippen LogP contribution in [0.3, 0.4) is 0 Å². The number of benzene rings is 1. The Balaban J connectivity index is 1.74. The van der Waals surface area contributed by atoms with Gasteiger partial charge in [-0.2, -0.15) is 0 Å². The van der Waals surface area contributed by atoms with Gasteiger partial charge in [0.05, 0.1) is 6.10 Å². The molecule has 2 rings (SSSR count). The van der Waals surface area contributed by atoms with Gasteiger partial charge in [0, 0.05) is 38.8 Å². The van der Waals surface area contributed by atoms with Crippen molar-refractivity contribution >= 4 is 6.03 Å². The van der Waals surface area contributed by atoms with Crippen molar-refractivity contribution in [1.29, 1.82) is 0 Å². The van der Waals surface area contributed by atoms with Crippen molar-refractivity contribution < 1.29 is 14.6 Å². The Morgan fingerprint density at radius 3 is 2.68 bits per heavy atom. The third kappa shape index (κ3) is 6.21. The van der Waals surface area contributed by atoms with Crippen LogP contribution in [0.15, 0.2) is 24.3 Å². The number of rotatable bonds is 7. The Morgan fingerprint density at radius 1 is 1.32 bits per heavy atom. The average Bonchev–Trinajstić information content (AvgIpc) is 2.58. The van der Waals surface area contributed by atoms with Gasteiger partial charge < -0.3 is 20.1 Å². The van der Waals surface area contributed by atoms with Gasteiger partial charge in [0.25, 0.3) is 0 Å². The highest BCUT2D eigenvalue weighted by atomic mass is 16.5. The number of aliphatic hydroxyl groups excluding tert-OH is 1. The zero-order valence-corrected chi connectivity index (χ0v) is 15.6. The van der Waals surface area contributed by atoms with E-state index in [1.807, 2.05) is 50.1 Å². The first-order valence-electron chi connectivity index (χ1n) is 9.09. The van der Waals surface area contributed by atoms with Gasteiger partial charge in [0.15, 0.2) is 0 Å². The van der Waals surface area contributed by atoms with E-state index >= 15 is 0 Å². The molecule has 1 aromatic rings. The lowest BCUT2D eigenvalue weighted by molar-refractivity contribution is 0.0928. The van der Waals surface area contributed by atoms with Crippen molar-refractivity contribution in [2.24, 2.45) is 0 Å². The quantitative estimate of drug-likeness (QED) is 0.787. The summed E-state index contributed by atoms with van der Waals surface area (Å²) in [4.78, 5) is 16.4. The molecule has 1 aliphatic heterocycles. The lowest BCUT2D eigenvalue weighted by atomic mass is 10.1. The minimum atomic E-state index is -0.0178. The van der Waals surface area contributed by atoms with Crippen LogP contribution in [0.25, 0.3) is 0 Å². The van der Waals surface area contributed by atoms with Crippen LogP contribution in [0.2, 0.25) is 0 Å². The summed E-state index contributed by atoms with van der Waals surface area (Å²) < 4.78 is 5.63. The third-order valence-corrected chi connectivity index (χ3v) is 4.51. The maximum absolute atomic E-state index is 12.3. The fourth-order valence-corrected chi connectivity index (χ4v) is 3.02. The Hall–Kier alpha value is -1.79. The number of nitrogens with zero attached hydrogens (tertiary/aromatic N) is 2. The van der Waals surface area contributed by atoms with E-state index in [0.29, 0.717) is 19.5 Å². The first-order valence-corrected chi connectivity index (χ1v) is 9.09. The molecule has 25 heavy (non-hydrogen) atoms. The molecule has 2 N–H and O–H groups in total. The second-order valence-electron chi connectivity index (χ2n) is 6.89. The predicted molar refractivity (Wildman–Crippen MR) is 99.0 cm³/mol. The number of nitrogens with one attached hydrogen (secondary N) is 1. The van der Waals surface area contributed by atoms with Crippen molar-refractivity contribution in [1.82, 2.24) is 15.1 Å². The molecule has 0 unspecified atom stereocenters. The number of likely N-dealkylation sites (N-methyl/N-ethyl adjacent to an activating group) is 1. The Kier molecular flexibility index (Phi) is 7.52. The monoisotopic (exact) mass is 349 g/mol. The molecule has 1 aliphatic rings. The Morgan fingerprint density at radius 2 is 2.04 bits per heavy atom. The molecule has 0 saturated carbocycles. The molecule has 1 atom stereocenters. The summed E-state index contributed by atoms with van der Waals surface area (Å²) in [5.74, 6) is 0.871. The first kappa shape index (κ1) is 19.5. The van der Waals surface area contributed by atoms with Crippen molar-refractivity contribution in [2.75, 3.05) is 39.8 Å². The van der Waals surface area contributed by atoms with Crippen LogP contribution in [0, 0.1) is 0 Å². The SMILES string of the molecule is CC(C)Oc1ccc(CCNC(=O)N2CCN(C)[C@H](CCO)C2)cc1. The zero-order chi connectivity index (χ0) is 18.2. The van der Waals surface area contributed by atoms with Gasteiger partial charge in [-0.25, -0.2) is 4.79 Å². The third-order valence-electron chi connectivity index (χ3n) is 4.51. The molecule has 6 heteroatoms. The molecule has 1 saturated heterocycles. The summed E-state index contributed by atoms with van der Waals surface area (Å²) in [5, 5.41) is 12.1. The number of hydrogen-bond acceptors (Lipinski definition) is 4. The van der Waals surface area contributed by atoms with Crippen LogP contribution in [-0.2, 0) is 6.42 Å². The molecule has 0 aliphatic carbocycles. The molecule has 0 bridgehead atoms. The number of ether oxygens (including phenoxy) is 1. The highest BCUT2D eigenvalue weighted by Gasteiger charge is 2.26. The fourth-order valence-electron chi connectivity index (χ4n) is 3.02. The Labute approximate surface area is 150 Å². The summed E-state index contributed by atoms with van der Waals surface area (Å²) >= 11 is 0. The van der Waals surface area contributed by atoms with Gasteiger partial charge >= 0.3 is 6.03 Å². The smallest absolute Gasteiger partial charge is 0.317 e. The van der Waals surface area contributed by atoms with E-state index in [2.05, 4.69) is 10.2 Å². The number of aliphatic hydroxyl groups is 1. The van der Waals surface area contributed by atoms with Crippen LogP contribution >= 0.6 is 0 Å². The molecule has 0 aromatic heterocycles. The minimum Gasteiger partial charge on any atom is -0.491 e. The maximum atomic E-state index is 12.3. The standard InChI is InChI=1S/C19H31N3O3/c1-15(2)25-18-6-4-16(5-7-18)8-10-20-19(24)22-12-11-21(3)17(14-22)9-13-23/h4-7,15,17,23H,8-14H2,1-3H3,(H,20,24)/t17-/m1/s1. The van der Waals surface area contributed by atoms with Gasteiger partial charge in [-0.1, -0.05) is 12.1 Å². The second-order valence-corrected chi connectivity index (χ2v) is 6.89. The van der Waals surface area contributed by atoms with Crippen LogP contribution in [0.1, 0.15) is 25.8 Å². The van der Waals surface area contributed by atoms with Crippen LogP contribution in [0.5, 0.6) is 5.75 Å². The highest BCUT2D eigenvalue weighted by molar-refractivity contribution is 5.74. The predicted octanol–water partition coefficient (Wildman–Crippen LogP) is 1.72. The molecular weight excluding hydrogens is 318 g/mol. The molecule has 0 radical (unpaired) electrons. The lowest BCUT2D eigenvalue weighted by Gasteiger charge is -2.39. The average molecular weight is 349 g/mol. The molecule has 6 nitrogen and oxygen atoms in total. The van der Waals surface area contributed by atoms with Gasteiger partial charge in [-0.05, 0) is 51.4 Å². The first-order chi connectivity index (χ1) is 12.0. The summed E-state index contributed by atoms with van der Waals surface area (Å²) in [6, 6.07) is 8.23. The van der Waals surface area contributed by atoms with E-state index in [9.17, 15) is 4.79 Å². The van der Waals surface area contributed by atoms with Crippen molar-refractivity contribution in [3.63, 3.8) is 0 Å². The molecule has 140 valence electrons. The summed E-state index contributed by atoms with van der Waals surface area (Å²) in [7, 11) is 2.04. The van der Waals surface area contributed by atoms with Crippen molar-refractivity contribution in [2.45, 2.75) is 38.8 Å². The zero-order valence-electron chi connectivity index (χ0n) is 15.6. The van der Waals surface area contributed by atoms with E-state index in [1.54, 1.807) is 0 Å². The number of amides is 2. The van der Waals surface area contributed by atoms with Crippen molar-refractivity contribution in [3.05, 3.63) is 29.8 Å². The molecule has 1 heterocycles. The molecule has 2 amide bonds. The van der Waals surface area contributed by atoms with E-state index in [4.69, 9.17) is 9.84 Å². The minimum absolute atomic E-state index is 0.0178. The van der Waals surface area contributed by atoms with Gasteiger partial charge in [0.2, 0.25) is 0 Å². The van der Waals surface area contributed by atoms with E-state index in [1.165, 1.54) is 5.56 Å². The van der Waals surface area contributed by atoms with E-state index < -0.39 is 0 Å². The maximum Gasteiger partial charge on any atom is 0.317 e. The number of carbonyl (C=O) groups is 1. The van der Waals surface area contributed by atoms with Crippen molar-refractivity contribution in [3.8, 4) is 5.75 Å². The molecular formula is C19H31N3O3. The van der Waals surface area contributed by atoms with Crippen LogP contribution < -0.4 is 10.1 Å². The molecule has 1 fully saturated rings.